The second kappa shape index (κ2) is 8.72. The number of nitrogens with zero attached hydrogens (tertiary/aromatic N) is 2. The summed E-state index contributed by atoms with van der Waals surface area (Å²) >= 11 is 0. The number of ether oxygens (including phenoxy) is 1. The fraction of sp³-hybridized carbons (Fsp3) is 0.714. The van der Waals surface area contributed by atoms with E-state index in [-0.39, 0.29) is 0 Å². The van der Waals surface area contributed by atoms with Gasteiger partial charge in [0.05, 0.1) is 6.61 Å². The van der Waals surface area contributed by atoms with E-state index < -0.39 is 0 Å². The molecule has 4 nitrogen and oxygen atoms in total. The Hall–Kier alpha value is -1.32. The van der Waals surface area contributed by atoms with Crippen molar-refractivity contribution in [2.24, 2.45) is 0 Å². The molecular weight excluding hydrogens is 226 g/mol. The van der Waals surface area contributed by atoms with E-state index in [9.17, 15) is 0 Å². The van der Waals surface area contributed by atoms with Gasteiger partial charge in [0, 0.05) is 19.0 Å². The third-order valence-corrected chi connectivity index (χ3v) is 2.67. The fourth-order valence-corrected chi connectivity index (χ4v) is 1.68. The number of rotatable bonds is 9. The van der Waals surface area contributed by atoms with Crippen molar-refractivity contribution in [1.82, 2.24) is 9.97 Å². The van der Waals surface area contributed by atoms with Crippen LogP contribution in [0.4, 0.5) is 5.82 Å². The van der Waals surface area contributed by atoms with Crippen molar-refractivity contribution in [3.05, 3.63) is 11.9 Å². The van der Waals surface area contributed by atoms with Gasteiger partial charge in [0.1, 0.15) is 11.6 Å². The maximum absolute atomic E-state index is 5.69. The Morgan fingerprint density at radius 1 is 1.11 bits per heavy atom. The molecule has 18 heavy (non-hydrogen) atoms. The molecule has 0 fully saturated rings. The van der Waals surface area contributed by atoms with E-state index in [0.29, 0.717) is 5.88 Å². The Balaban J connectivity index is 2.50. The average Bonchev–Trinajstić information content (AvgIpc) is 2.38. The molecule has 0 radical (unpaired) electrons. The minimum absolute atomic E-state index is 0.689. The van der Waals surface area contributed by atoms with Crippen molar-refractivity contribution in [2.75, 3.05) is 18.5 Å². The van der Waals surface area contributed by atoms with E-state index in [2.05, 4.69) is 36.1 Å². The molecule has 1 aromatic rings. The first kappa shape index (κ1) is 14.7. The van der Waals surface area contributed by atoms with Crippen LogP contribution < -0.4 is 10.1 Å². The minimum atomic E-state index is 0.689. The molecule has 0 spiro atoms. The van der Waals surface area contributed by atoms with Crippen LogP contribution in [-0.2, 0) is 6.42 Å². The summed E-state index contributed by atoms with van der Waals surface area (Å²) in [7, 11) is 0. The van der Waals surface area contributed by atoms with E-state index in [1.54, 1.807) is 0 Å². The molecule has 1 N–H and O–H groups in total. The Labute approximate surface area is 110 Å². The molecule has 0 aromatic carbocycles. The second-order valence-electron chi connectivity index (χ2n) is 4.30. The zero-order valence-electron chi connectivity index (χ0n) is 11.8. The number of unbranched alkanes of at least 4 members (excludes halogenated alkanes) is 3. The molecule has 0 saturated carbocycles. The van der Waals surface area contributed by atoms with E-state index in [0.717, 1.165) is 37.6 Å². The zero-order valence-corrected chi connectivity index (χ0v) is 11.8. The lowest BCUT2D eigenvalue weighted by atomic mass is 10.2. The van der Waals surface area contributed by atoms with Gasteiger partial charge >= 0.3 is 0 Å². The van der Waals surface area contributed by atoms with Gasteiger partial charge in [0.2, 0.25) is 5.88 Å². The summed E-state index contributed by atoms with van der Waals surface area (Å²) in [6.45, 7) is 7.92. The van der Waals surface area contributed by atoms with Crippen LogP contribution in [0.25, 0.3) is 0 Å². The summed E-state index contributed by atoms with van der Waals surface area (Å²) in [5, 5.41) is 3.20. The highest BCUT2D eigenvalue weighted by Crippen LogP contribution is 2.14. The van der Waals surface area contributed by atoms with Gasteiger partial charge in [-0.1, -0.05) is 33.1 Å². The second-order valence-corrected chi connectivity index (χ2v) is 4.30. The van der Waals surface area contributed by atoms with Crippen LogP contribution >= 0.6 is 0 Å². The Morgan fingerprint density at radius 2 is 1.94 bits per heavy atom. The Kier molecular flexibility index (Phi) is 7.14. The lowest BCUT2D eigenvalue weighted by Crippen LogP contribution is -2.06. The van der Waals surface area contributed by atoms with Crippen molar-refractivity contribution < 1.29 is 4.74 Å². The fourth-order valence-electron chi connectivity index (χ4n) is 1.68. The van der Waals surface area contributed by atoms with Crippen molar-refractivity contribution in [2.45, 2.75) is 52.9 Å². The van der Waals surface area contributed by atoms with Gasteiger partial charge in [-0.3, -0.25) is 0 Å². The molecule has 4 heteroatoms. The third kappa shape index (κ3) is 5.34. The zero-order chi connectivity index (χ0) is 13.2. The Bertz CT molecular complexity index is 342. The number of nitrogens with one attached hydrogen (secondary N) is 1. The van der Waals surface area contributed by atoms with Crippen LogP contribution in [-0.4, -0.2) is 23.1 Å². The number of hydrogen-bond acceptors (Lipinski definition) is 4. The molecule has 1 heterocycles. The quantitative estimate of drug-likeness (QED) is 0.683. The lowest BCUT2D eigenvalue weighted by molar-refractivity contribution is 0.292. The topological polar surface area (TPSA) is 47.0 Å². The van der Waals surface area contributed by atoms with Gasteiger partial charge in [-0.25, -0.2) is 4.98 Å². The lowest BCUT2D eigenvalue weighted by Gasteiger charge is -2.09. The maximum Gasteiger partial charge on any atom is 0.218 e. The predicted octanol–water partition coefficient (Wildman–Crippen LogP) is 3.43. The molecule has 1 aromatic heterocycles. The number of aromatic nitrogens is 2. The van der Waals surface area contributed by atoms with Gasteiger partial charge < -0.3 is 10.1 Å². The summed E-state index contributed by atoms with van der Waals surface area (Å²) in [5.74, 6) is 2.37. The monoisotopic (exact) mass is 251 g/mol. The van der Waals surface area contributed by atoms with Gasteiger partial charge in [0.25, 0.3) is 0 Å². The number of anilines is 1. The molecular formula is C14H25N3O. The van der Waals surface area contributed by atoms with Crippen LogP contribution in [0.5, 0.6) is 5.88 Å². The molecule has 0 saturated heterocycles. The Morgan fingerprint density at radius 3 is 2.61 bits per heavy atom. The summed E-state index contributed by atoms with van der Waals surface area (Å²) in [4.78, 5) is 8.78. The smallest absolute Gasteiger partial charge is 0.218 e. The molecule has 0 aliphatic heterocycles. The van der Waals surface area contributed by atoms with Crippen LogP contribution in [0.1, 0.15) is 52.3 Å². The standard InChI is InChI=1S/C14H25N3O/c1-4-7-8-9-10-18-14-11-13(15-6-3)16-12(5-2)17-14/h11H,4-10H2,1-3H3,(H,15,16,17). The first-order valence-corrected chi connectivity index (χ1v) is 7.04. The number of hydrogen-bond donors (Lipinski definition) is 1. The van der Waals surface area contributed by atoms with Crippen molar-refractivity contribution >= 4 is 5.82 Å². The predicted molar refractivity (Wildman–Crippen MR) is 75.2 cm³/mol. The first-order chi connectivity index (χ1) is 8.80. The molecule has 0 unspecified atom stereocenters. The van der Waals surface area contributed by atoms with Crippen molar-refractivity contribution in [1.29, 1.82) is 0 Å². The van der Waals surface area contributed by atoms with Gasteiger partial charge in [0.15, 0.2) is 0 Å². The number of aryl methyl sites for hydroxylation is 1. The molecule has 0 aliphatic rings. The van der Waals surface area contributed by atoms with Crippen LogP contribution in [0.3, 0.4) is 0 Å². The normalized spacial score (nSPS) is 10.4. The molecule has 1 rings (SSSR count). The minimum Gasteiger partial charge on any atom is -0.478 e. The largest absolute Gasteiger partial charge is 0.478 e. The van der Waals surface area contributed by atoms with Crippen LogP contribution in [0.15, 0.2) is 6.07 Å². The van der Waals surface area contributed by atoms with E-state index in [1.165, 1.54) is 19.3 Å². The molecule has 0 bridgehead atoms. The average molecular weight is 251 g/mol. The SMILES string of the molecule is CCCCCCOc1cc(NCC)nc(CC)n1. The maximum atomic E-state index is 5.69. The molecule has 0 aliphatic carbocycles. The highest BCUT2D eigenvalue weighted by Gasteiger charge is 2.03. The van der Waals surface area contributed by atoms with Gasteiger partial charge in [-0.15, -0.1) is 0 Å². The molecule has 102 valence electrons. The first-order valence-electron chi connectivity index (χ1n) is 7.04. The van der Waals surface area contributed by atoms with Crippen molar-refractivity contribution in [3.8, 4) is 5.88 Å². The summed E-state index contributed by atoms with van der Waals surface area (Å²) in [6.07, 6.45) is 5.66. The van der Waals surface area contributed by atoms with Crippen LogP contribution in [0.2, 0.25) is 0 Å². The highest BCUT2D eigenvalue weighted by atomic mass is 16.5. The van der Waals surface area contributed by atoms with E-state index in [1.807, 2.05) is 6.07 Å². The van der Waals surface area contributed by atoms with Gasteiger partial charge in [-0.2, -0.15) is 4.98 Å². The summed E-state index contributed by atoms with van der Waals surface area (Å²) in [6, 6.07) is 1.88. The molecule has 0 amide bonds. The van der Waals surface area contributed by atoms with E-state index >= 15 is 0 Å². The van der Waals surface area contributed by atoms with Gasteiger partial charge in [-0.05, 0) is 13.3 Å². The molecule has 0 atom stereocenters. The highest BCUT2D eigenvalue weighted by molar-refractivity contribution is 5.38. The van der Waals surface area contributed by atoms with E-state index in [4.69, 9.17) is 4.74 Å². The summed E-state index contributed by atoms with van der Waals surface area (Å²) in [5.41, 5.74) is 0. The summed E-state index contributed by atoms with van der Waals surface area (Å²) < 4.78 is 5.69. The third-order valence-electron chi connectivity index (χ3n) is 2.67. The van der Waals surface area contributed by atoms with Crippen molar-refractivity contribution in [3.63, 3.8) is 0 Å². The van der Waals surface area contributed by atoms with Crippen LogP contribution in [0, 0.1) is 0 Å².